The zero-order valence-electron chi connectivity index (χ0n) is 19.5. The van der Waals surface area contributed by atoms with Crippen LogP contribution in [-0.2, 0) is 19.0 Å². The second-order valence-corrected chi connectivity index (χ2v) is 8.60. The molecule has 1 rings (SSSR count). The molecule has 0 aromatic rings. The molecule has 1 heterocycles. The highest BCUT2D eigenvalue weighted by molar-refractivity contribution is 5.68. The Morgan fingerprint density at radius 3 is 2.57 bits per heavy atom. The first-order chi connectivity index (χ1) is 14.7. The molecule has 6 heteroatoms. The van der Waals surface area contributed by atoms with Crippen molar-refractivity contribution in [2.24, 2.45) is 0 Å². The molecule has 0 aromatic carbocycles. The Bertz CT molecular complexity index is 401. The molecule has 0 aromatic heterocycles. The molecule has 0 spiro atoms. The summed E-state index contributed by atoms with van der Waals surface area (Å²) in [5, 5.41) is 13.8. The van der Waals surface area contributed by atoms with E-state index in [1.165, 1.54) is 32.8 Å². The van der Waals surface area contributed by atoms with Crippen LogP contribution in [-0.4, -0.2) is 56.4 Å². The van der Waals surface area contributed by atoms with Crippen molar-refractivity contribution in [2.75, 3.05) is 26.9 Å². The Kier molecular flexibility index (Phi) is 17.3. The molecule has 0 radical (unpaired) electrons. The van der Waals surface area contributed by atoms with Crippen molar-refractivity contribution in [2.45, 2.75) is 122 Å². The van der Waals surface area contributed by atoms with Gasteiger partial charge >= 0.3 is 5.97 Å². The minimum absolute atomic E-state index is 0.0627. The lowest BCUT2D eigenvalue weighted by atomic mass is 10.1. The fourth-order valence-corrected chi connectivity index (χ4v) is 3.83. The summed E-state index contributed by atoms with van der Waals surface area (Å²) in [7, 11) is 1.44. The van der Waals surface area contributed by atoms with Gasteiger partial charge in [-0.3, -0.25) is 4.79 Å². The van der Waals surface area contributed by atoms with Gasteiger partial charge in [-0.1, -0.05) is 51.9 Å². The molecule has 0 amide bonds. The highest BCUT2D eigenvalue weighted by Crippen LogP contribution is 2.15. The first kappa shape index (κ1) is 27.3. The summed E-state index contributed by atoms with van der Waals surface area (Å²) in [5.74, 6) is -0.122. The van der Waals surface area contributed by atoms with Crippen LogP contribution in [0, 0.1) is 0 Å². The summed E-state index contributed by atoms with van der Waals surface area (Å²) in [6, 6.07) is 0.281. The average Bonchev–Trinajstić information content (AvgIpc) is 2.77. The molecule has 1 saturated heterocycles. The van der Waals surface area contributed by atoms with E-state index in [1.807, 2.05) is 0 Å². The van der Waals surface area contributed by atoms with Gasteiger partial charge in [0.05, 0.1) is 19.8 Å². The molecular formula is C24H47NO5. The number of aliphatic hydroxyl groups is 1. The fraction of sp³-hybridized carbons (Fsp3) is 0.958. The van der Waals surface area contributed by atoms with Gasteiger partial charge in [0.1, 0.15) is 0 Å². The standard InChI is InChI=1S/C24H47NO5/c1-3-4-5-9-14-22(26)17-18-25-21(20-30-24-16-11-12-19-29-24)13-8-6-7-10-15-23(27)28-2/h21-22,24-26H,3-20H2,1-2H3. The molecule has 0 bridgehead atoms. The maximum atomic E-state index is 11.2. The highest BCUT2D eigenvalue weighted by Gasteiger charge is 2.17. The van der Waals surface area contributed by atoms with Gasteiger partial charge in [-0.25, -0.2) is 0 Å². The number of hydrogen-bond donors (Lipinski definition) is 2. The van der Waals surface area contributed by atoms with Crippen LogP contribution in [0.3, 0.4) is 0 Å². The monoisotopic (exact) mass is 429 g/mol. The van der Waals surface area contributed by atoms with Gasteiger partial charge in [0, 0.05) is 19.1 Å². The minimum Gasteiger partial charge on any atom is -0.469 e. The summed E-state index contributed by atoms with van der Waals surface area (Å²) in [6.45, 7) is 4.48. The van der Waals surface area contributed by atoms with Gasteiger partial charge in [0.15, 0.2) is 6.29 Å². The molecular weight excluding hydrogens is 382 g/mol. The Balaban J connectivity index is 2.23. The highest BCUT2D eigenvalue weighted by atomic mass is 16.7. The van der Waals surface area contributed by atoms with Crippen LogP contribution in [0.4, 0.5) is 0 Å². The van der Waals surface area contributed by atoms with Crippen LogP contribution in [0.15, 0.2) is 0 Å². The predicted octanol–water partition coefficient (Wildman–Crippen LogP) is 4.72. The van der Waals surface area contributed by atoms with E-state index in [0.717, 1.165) is 77.4 Å². The summed E-state index contributed by atoms with van der Waals surface area (Å²) in [5.41, 5.74) is 0. The van der Waals surface area contributed by atoms with Crippen molar-refractivity contribution in [3.63, 3.8) is 0 Å². The molecule has 1 fully saturated rings. The molecule has 2 N–H and O–H groups in total. The molecule has 178 valence electrons. The third-order valence-corrected chi connectivity index (χ3v) is 5.83. The van der Waals surface area contributed by atoms with Gasteiger partial charge in [-0.15, -0.1) is 0 Å². The maximum Gasteiger partial charge on any atom is 0.305 e. The van der Waals surface area contributed by atoms with Gasteiger partial charge in [0.2, 0.25) is 0 Å². The van der Waals surface area contributed by atoms with E-state index < -0.39 is 0 Å². The fourth-order valence-electron chi connectivity index (χ4n) is 3.83. The number of hydrogen-bond acceptors (Lipinski definition) is 6. The predicted molar refractivity (Wildman–Crippen MR) is 120 cm³/mol. The third-order valence-electron chi connectivity index (χ3n) is 5.83. The SMILES string of the molecule is CCCCCCC(O)CCNC(CCCCCCC(=O)OC)COC1CCCCO1. The summed E-state index contributed by atoms with van der Waals surface area (Å²) in [6.07, 6.45) is 15.2. The number of ether oxygens (including phenoxy) is 3. The van der Waals surface area contributed by atoms with Crippen LogP contribution in [0.2, 0.25) is 0 Å². The molecule has 0 aliphatic carbocycles. The van der Waals surface area contributed by atoms with E-state index in [4.69, 9.17) is 9.47 Å². The average molecular weight is 430 g/mol. The Morgan fingerprint density at radius 1 is 1.07 bits per heavy atom. The van der Waals surface area contributed by atoms with E-state index in [0.29, 0.717) is 13.0 Å². The number of unbranched alkanes of at least 4 members (excludes halogenated alkanes) is 6. The molecule has 3 unspecified atom stereocenters. The number of carbonyl (C=O) groups excluding carboxylic acids is 1. The molecule has 3 atom stereocenters. The largest absolute Gasteiger partial charge is 0.469 e. The summed E-state index contributed by atoms with van der Waals surface area (Å²) in [4.78, 5) is 11.2. The topological polar surface area (TPSA) is 77.0 Å². The first-order valence-electron chi connectivity index (χ1n) is 12.4. The van der Waals surface area contributed by atoms with E-state index in [1.54, 1.807) is 0 Å². The number of nitrogens with one attached hydrogen (secondary N) is 1. The van der Waals surface area contributed by atoms with Crippen molar-refractivity contribution in [1.29, 1.82) is 0 Å². The first-order valence-corrected chi connectivity index (χ1v) is 12.4. The Hall–Kier alpha value is -0.690. The number of esters is 1. The minimum atomic E-state index is -0.212. The van der Waals surface area contributed by atoms with Crippen LogP contribution in [0.25, 0.3) is 0 Å². The summed E-state index contributed by atoms with van der Waals surface area (Å²) < 4.78 is 16.4. The van der Waals surface area contributed by atoms with E-state index in [9.17, 15) is 9.90 Å². The van der Waals surface area contributed by atoms with Crippen molar-refractivity contribution in [3.05, 3.63) is 0 Å². The van der Waals surface area contributed by atoms with Gasteiger partial charge in [-0.2, -0.15) is 0 Å². The van der Waals surface area contributed by atoms with Crippen molar-refractivity contribution < 1.29 is 24.1 Å². The van der Waals surface area contributed by atoms with Gasteiger partial charge in [0.25, 0.3) is 0 Å². The van der Waals surface area contributed by atoms with Crippen LogP contribution < -0.4 is 5.32 Å². The molecule has 1 aliphatic heterocycles. The smallest absolute Gasteiger partial charge is 0.305 e. The van der Waals surface area contributed by atoms with E-state index >= 15 is 0 Å². The number of carbonyl (C=O) groups is 1. The third kappa shape index (κ3) is 15.2. The number of rotatable bonds is 19. The van der Waals surface area contributed by atoms with Crippen molar-refractivity contribution in [1.82, 2.24) is 5.32 Å². The van der Waals surface area contributed by atoms with Crippen LogP contribution >= 0.6 is 0 Å². The zero-order valence-corrected chi connectivity index (χ0v) is 19.5. The van der Waals surface area contributed by atoms with E-state index in [2.05, 4.69) is 17.0 Å². The summed E-state index contributed by atoms with van der Waals surface area (Å²) >= 11 is 0. The number of aliphatic hydroxyl groups excluding tert-OH is 1. The molecule has 30 heavy (non-hydrogen) atoms. The molecule has 0 saturated carbocycles. The van der Waals surface area contributed by atoms with E-state index in [-0.39, 0.29) is 24.4 Å². The Morgan fingerprint density at radius 2 is 1.83 bits per heavy atom. The van der Waals surface area contributed by atoms with Crippen molar-refractivity contribution in [3.8, 4) is 0 Å². The normalized spacial score (nSPS) is 18.8. The second-order valence-electron chi connectivity index (χ2n) is 8.60. The van der Waals surface area contributed by atoms with Crippen LogP contribution in [0.1, 0.15) is 103 Å². The van der Waals surface area contributed by atoms with Gasteiger partial charge < -0.3 is 24.6 Å². The maximum absolute atomic E-state index is 11.2. The molecule has 6 nitrogen and oxygen atoms in total. The zero-order chi connectivity index (χ0) is 21.9. The Labute approximate surface area is 184 Å². The molecule has 1 aliphatic rings. The van der Waals surface area contributed by atoms with Crippen molar-refractivity contribution >= 4 is 5.97 Å². The van der Waals surface area contributed by atoms with Crippen LogP contribution in [0.5, 0.6) is 0 Å². The second kappa shape index (κ2) is 19.0. The number of methoxy groups -OCH3 is 1. The lowest BCUT2D eigenvalue weighted by Crippen LogP contribution is -2.37. The quantitative estimate of drug-likeness (QED) is 0.228. The lowest BCUT2D eigenvalue weighted by molar-refractivity contribution is -0.166. The lowest BCUT2D eigenvalue weighted by Gasteiger charge is -2.26. The van der Waals surface area contributed by atoms with Gasteiger partial charge in [-0.05, 0) is 51.5 Å².